The molecule has 0 nitrogen and oxygen atoms in total. The summed E-state index contributed by atoms with van der Waals surface area (Å²) in [7, 11) is 0. The quantitative estimate of drug-likeness (QED) is 0.626. The molecule has 0 radical (unpaired) electrons. The van der Waals surface area contributed by atoms with Gasteiger partial charge >= 0.3 is 0 Å². The van der Waals surface area contributed by atoms with Crippen molar-refractivity contribution in [3.8, 4) is 0 Å². The van der Waals surface area contributed by atoms with Crippen molar-refractivity contribution in [1.29, 1.82) is 0 Å². The van der Waals surface area contributed by atoms with E-state index in [0.717, 1.165) is 48.9 Å². The molecule has 2 aromatic rings. The van der Waals surface area contributed by atoms with Gasteiger partial charge in [0.2, 0.25) is 0 Å². The van der Waals surface area contributed by atoms with Gasteiger partial charge < -0.3 is 0 Å². The molecule has 0 amide bonds. The summed E-state index contributed by atoms with van der Waals surface area (Å²) in [5.41, 5.74) is 1.62. The minimum absolute atomic E-state index is 0.191. The van der Waals surface area contributed by atoms with E-state index < -0.39 is 23.3 Å². The molecule has 0 heterocycles. The van der Waals surface area contributed by atoms with Crippen LogP contribution in [-0.4, -0.2) is 0 Å². The third-order valence-corrected chi connectivity index (χ3v) is 4.56. The smallest absolute Gasteiger partial charge is 0.159 e. The van der Waals surface area contributed by atoms with Gasteiger partial charge in [0.1, 0.15) is 0 Å². The average Bonchev–Trinajstić information content (AvgIpc) is 2.53. The SMILES string of the molecule is Fc1ccc(C2CCC(c3ccc(F)c(F)c3)CC2)cc1F. The van der Waals surface area contributed by atoms with Crippen molar-refractivity contribution in [1.82, 2.24) is 0 Å². The van der Waals surface area contributed by atoms with Gasteiger partial charge in [-0.1, -0.05) is 12.1 Å². The summed E-state index contributed by atoms with van der Waals surface area (Å²) >= 11 is 0. The first-order valence-corrected chi connectivity index (χ1v) is 7.44. The van der Waals surface area contributed by atoms with E-state index in [1.54, 1.807) is 12.1 Å². The van der Waals surface area contributed by atoms with Crippen molar-refractivity contribution in [3.05, 3.63) is 70.8 Å². The molecule has 0 aliphatic heterocycles. The lowest BCUT2D eigenvalue weighted by molar-refractivity contribution is 0.392. The van der Waals surface area contributed by atoms with Crippen LogP contribution in [-0.2, 0) is 0 Å². The molecule has 1 aliphatic rings. The van der Waals surface area contributed by atoms with Crippen LogP contribution in [0.4, 0.5) is 17.6 Å². The topological polar surface area (TPSA) is 0 Å². The maximum atomic E-state index is 13.3. The van der Waals surface area contributed by atoms with E-state index in [1.165, 1.54) is 12.1 Å². The molecule has 1 saturated carbocycles. The zero-order chi connectivity index (χ0) is 15.7. The van der Waals surface area contributed by atoms with E-state index in [9.17, 15) is 17.6 Å². The highest BCUT2D eigenvalue weighted by molar-refractivity contribution is 5.25. The molecule has 0 aromatic heterocycles. The minimum Gasteiger partial charge on any atom is -0.204 e. The van der Waals surface area contributed by atoms with E-state index in [0.29, 0.717) is 0 Å². The molecule has 1 aliphatic carbocycles. The molecular weight excluding hydrogens is 292 g/mol. The molecule has 0 spiro atoms. The number of halogens is 4. The second-order valence-electron chi connectivity index (χ2n) is 5.90. The normalized spacial score (nSPS) is 21.8. The molecule has 0 saturated heterocycles. The Kier molecular flexibility index (Phi) is 4.19. The van der Waals surface area contributed by atoms with E-state index in [2.05, 4.69) is 0 Å². The van der Waals surface area contributed by atoms with Crippen molar-refractivity contribution >= 4 is 0 Å². The summed E-state index contributed by atoms with van der Waals surface area (Å²) in [5.74, 6) is -2.92. The van der Waals surface area contributed by atoms with Gasteiger partial charge in [-0.3, -0.25) is 0 Å². The fraction of sp³-hybridized carbons (Fsp3) is 0.333. The second-order valence-corrected chi connectivity index (χ2v) is 5.90. The third-order valence-electron chi connectivity index (χ3n) is 4.56. The van der Waals surface area contributed by atoms with E-state index in [4.69, 9.17) is 0 Å². The van der Waals surface area contributed by atoms with Gasteiger partial charge in [-0.05, 0) is 72.9 Å². The first-order chi connectivity index (χ1) is 10.5. The minimum atomic E-state index is -0.834. The lowest BCUT2D eigenvalue weighted by Gasteiger charge is -2.29. The van der Waals surface area contributed by atoms with Crippen LogP contribution in [0.3, 0.4) is 0 Å². The maximum Gasteiger partial charge on any atom is 0.159 e. The van der Waals surface area contributed by atoms with Gasteiger partial charge in [-0.25, -0.2) is 17.6 Å². The highest BCUT2D eigenvalue weighted by Gasteiger charge is 2.24. The Morgan fingerprint density at radius 3 is 1.23 bits per heavy atom. The van der Waals surface area contributed by atoms with Crippen molar-refractivity contribution in [2.75, 3.05) is 0 Å². The molecule has 116 valence electrons. The van der Waals surface area contributed by atoms with Crippen LogP contribution >= 0.6 is 0 Å². The second kappa shape index (κ2) is 6.11. The van der Waals surface area contributed by atoms with E-state index in [-0.39, 0.29) is 11.8 Å². The Balaban J connectivity index is 1.69. The molecule has 0 atom stereocenters. The van der Waals surface area contributed by atoms with Crippen LogP contribution < -0.4 is 0 Å². The number of benzene rings is 2. The van der Waals surface area contributed by atoms with Crippen molar-refractivity contribution in [2.45, 2.75) is 37.5 Å². The standard InChI is InChI=1S/C18H16F4/c19-15-7-5-13(9-17(15)21)11-1-2-12(4-3-11)14-6-8-16(20)18(22)10-14/h5-12H,1-4H2. The number of hydrogen-bond donors (Lipinski definition) is 0. The first-order valence-electron chi connectivity index (χ1n) is 7.44. The highest BCUT2D eigenvalue weighted by Crippen LogP contribution is 2.40. The average molecular weight is 308 g/mol. The molecule has 2 aromatic carbocycles. The Bertz CT molecular complexity index is 613. The highest BCUT2D eigenvalue weighted by atomic mass is 19.2. The summed E-state index contributed by atoms with van der Waals surface area (Å²) in [6, 6.07) is 8.09. The maximum absolute atomic E-state index is 13.3. The molecule has 0 N–H and O–H groups in total. The molecule has 1 fully saturated rings. The van der Waals surface area contributed by atoms with Crippen molar-refractivity contribution in [2.24, 2.45) is 0 Å². The number of rotatable bonds is 2. The summed E-state index contributed by atoms with van der Waals surface area (Å²) in [6.07, 6.45) is 3.31. The summed E-state index contributed by atoms with van der Waals surface area (Å²) in [4.78, 5) is 0. The van der Waals surface area contributed by atoms with Crippen molar-refractivity contribution < 1.29 is 17.6 Å². The van der Waals surface area contributed by atoms with Gasteiger partial charge in [0.05, 0.1) is 0 Å². The molecule has 4 heteroatoms. The Morgan fingerprint density at radius 2 is 0.909 bits per heavy atom. The summed E-state index contributed by atoms with van der Waals surface area (Å²) < 4.78 is 52.6. The Hall–Kier alpha value is -1.84. The number of hydrogen-bond acceptors (Lipinski definition) is 0. The van der Waals surface area contributed by atoms with Gasteiger partial charge in [0.15, 0.2) is 23.3 Å². The van der Waals surface area contributed by atoms with Crippen LogP contribution in [0.15, 0.2) is 36.4 Å². The van der Waals surface area contributed by atoms with Crippen LogP contribution in [0.1, 0.15) is 48.6 Å². The lowest BCUT2D eigenvalue weighted by atomic mass is 9.76. The Morgan fingerprint density at radius 1 is 0.545 bits per heavy atom. The molecular formula is C18H16F4. The van der Waals surface area contributed by atoms with Gasteiger partial charge in [-0.2, -0.15) is 0 Å². The monoisotopic (exact) mass is 308 g/mol. The van der Waals surface area contributed by atoms with E-state index in [1.807, 2.05) is 0 Å². The zero-order valence-corrected chi connectivity index (χ0v) is 12.0. The predicted octanol–water partition coefficient (Wildman–Crippen LogP) is 5.68. The van der Waals surface area contributed by atoms with Crippen LogP contribution in [0, 0.1) is 23.3 Å². The van der Waals surface area contributed by atoms with Crippen LogP contribution in [0.2, 0.25) is 0 Å². The summed E-state index contributed by atoms with van der Waals surface area (Å²) in [5, 5.41) is 0. The molecule has 0 unspecified atom stereocenters. The predicted molar refractivity (Wildman–Crippen MR) is 76.7 cm³/mol. The first kappa shape index (κ1) is 15.1. The molecule has 22 heavy (non-hydrogen) atoms. The summed E-state index contributed by atoms with van der Waals surface area (Å²) in [6.45, 7) is 0. The largest absolute Gasteiger partial charge is 0.204 e. The van der Waals surface area contributed by atoms with E-state index >= 15 is 0 Å². The molecule has 0 bridgehead atoms. The third kappa shape index (κ3) is 3.01. The van der Waals surface area contributed by atoms with Crippen LogP contribution in [0.25, 0.3) is 0 Å². The van der Waals surface area contributed by atoms with Gasteiger partial charge in [0.25, 0.3) is 0 Å². The fourth-order valence-electron chi connectivity index (χ4n) is 3.29. The van der Waals surface area contributed by atoms with Crippen LogP contribution in [0.5, 0.6) is 0 Å². The van der Waals surface area contributed by atoms with Gasteiger partial charge in [0, 0.05) is 0 Å². The van der Waals surface area contributed by atoms with Gasteiger partial charge in [-0.15, -0.1) is 0 Å². The fourth-order valence-corrected chi connectivity index (χ4v) is 3.29. The molecule has 3 rings (SSSR count). The van der Waals surface area contributed by atoms with Crippen molar-refractivity contribution in [3.63, 3.8) is 0 Å². The Labute approximate surface area is 126 Å². The zero-order valence-electron chi connectivity index (χ0n) is 12.0. The lowest BCUT2D eigenvalue weighted by Crippen LogP contribution is -2.12.